The van der Waals surface area contributed by atoms with Crippen molar-refractivity contribution in [2.24, 2.45) is 11.8 Å². The Morgan fingerprint density at radius 2 is 2.05 bits per heavy atom. The van der Waals surface area contributed by atoms with Crippen LogP contribution in [0.4, 0.5) is 0 Å². The number of aromatic nitrogens is 1. The monoisotopic (exact) mass is 261 g/mol. The lowest BCUT2D eigenvalue weighted by Crippen LogP contribution is -2.34. The topological polar surface area (TPSA) is 67.2 Å². The molecule has 1 aliphatic heterocycles. The second-order valence-electron chi connectivity index (χ2n) is 6.21. The lowest BCUT2D eigenvalue weighted by molar-refractivity contribution is 0.0927. The zero-order valence-electron chi connectivity index (χ0n) is 10.9. The van der Waals surface area contributed by atoms with Gasteiger partial charge in [-0.3, -0.25) is 4.79 Å². The molecule has 3 atom stereocenters. The number of carbonyl (C=O) groups excluding carboxylic acids is 1. The number of nitrogens with one attached hydrogen (secondary N) is 2. The Kier molecular flexibility index (Phi) is 2.62. The zero-order chi connectivity index (χ0) is 12.8. The van der Waals surface area contributed by atoms with Gasteiger partial charge >= 0.3 is 0 Å². The molecule has 5 heteroatoms. The molecule has 2 aliphatic carbocycles. The molecule has 0 aromatic carbocycles. The fourth-order valence-electron chi connectivity index (χ4n) is 3.50. The first-order valence-corrected chi connectivity index (χ1v) is 7.28. The molecule has 2 heterocycles. The van der Waals surface area contributed by atoms with Gasteiger partial charge in [0, 0.05) is 18.0 Å². The van der Waals surface area contributed by atoms with Gasteiger partial charge in [0.05, 0.1) is 0 Å². The van der Waals surface area contributed by atoms with Gasteiger partial charge in [0.2, 0.25) is 0 Å². The van der Waals surface area contributed by atoms with Crippen LogP contribution in [0, 0.1) is 11.8 Å². The second-order valence-corrected chi connectivity index (χ2v) is 6.21. The molecule has 1 aromatic rings. The Morgan fingerprint density at radius 1 is 1.32 bits per heavy atom. The average Bonchev–Trinajstić information content (AvgIpc) is 2.83. The fourth-order valence-corrected chi connectivity index (χ4v) is 3.50. The predicted octanol–water partition coefficient (Wildman–Crippen LogP) is 1.28. The van der Waals surface area contributed by atoms with Crippen molar-refractivity contribution < 1.29 is 9.32 Å². The third kappa shape index (κ3) is 2.16. The number of hydrogen-bond donors (Lipinski definition) is 2. The van der Waals surface area contributed by atoms with Gasteiger partial charge in [-0.05, 0) is 50.6 Å². The number of rotatable bonds is 3. The standard InChI is InChI=1S/C14H19N3O2/c18-14(12-5-13(19-17-12)8-1-2-8)16-11-3-9-6-15-7-10(9)4-11/h5,8-11,15H,1-4,6-7H2,(H,16,18)/t9-,10+,11?. The Bertz CT molecular complexity index is 483. The normalized spacial score (nSPS) is 33.4. The molecule has 102 valence electrons. The van der Waals surface area contributed by atoms with Gasteiger partial charge in [-0.1, -0.05) is 5.16 Å². The van der Waals surface area contributed by atoms with Gasteiger partial charge < -0.3 is 15.2 Å². The molecule has 3 fully saturated rings. The van der Waals surface area contributed by atoms with Gasteiger partial charge in [-0.15, -0.1) is 0 Å². The minimum Gasteiger partial charge on any atom is -0.360 e. The Labute approximate surface area is 112 Å². The lowest BCUT2D eigenvalue weighted by Gasteiger charge is -2.12. The molecule has 2 N–H and O–H groups in total. The molecule has 2 saturated carbocycles. The fraction of sp³-hybridized carbons (Fsp3) is 0.714. The van der Waals surface area contributed by atoms with E-state index in [9.17, 15) is 4.79 Å². The van der Waals surface area contributed by atoms with E-state index >= 15 is 0 Å². The molecule has 1 aromatic heterocycles. The molecular formula is C14H19N3O2. The van der Waals surface area contributed by atoms with Crippen LogP contribution in [0.1, 0.15) is 47.8 Å². The minimum atomic E-state index is -0.0754. The van der Waals surface area contributed by atoms with Crippen LogP contribution in [0.15, 0.2) is 10.6 Å². The van der Waals surface area contributed by atoms with Crippen molar-refractivity contribution in [3.05, 3.63) is 17.5 Å². The highest BCUT2D eigenvalue weighted by Crippen LogP contribution is 2.40. The van der Waals surface area contributed by atoms with Gasteiger partial charge in [-0.2, -0.15) is 0 Å². The number of amides is 1. The highest BCUT2D eigenvalue weighted by atomic mass is 16.5. The maximum Gasteiger partial charge on any atom is 0.273 e. The SMILES string of the molecule is O=C(NC1C[C@H]2CNC[C@H]2C1)c1cc(C2CC2)on1. The summed E-state index contributed by atoms with van der Waals surface area (Å²) in [4.78, 5) is 12.1. The first-order valence-electron chi connectivity index (χ1n) is 7.28. The van der Waals surface area contributed by atoms with Crippen LogP contribution >= 0.6 is 0 Å². The van der Waals surface area contributed by atoms with Crippen molar-refractivity contribution in [3.63, 3.8) is 0 Å². The van der Waals surface area contributed by atoms with E-state index in [0.29, 0.717) is 17.7 Å². The predicted molar refractivity (Wildman–Crippen MR) is 68.8 cm³/mol. The van der Waals surface area contributed by atoms with E-state index in [1.165, 1.54) is 0 Å². The van der Waals surface area contributed by atoms with E-state index in [2.05, 4.69) is 15.8 Å². The molecule has 0 bridgehead atoms. The molecule has 19 heavy (non-hydrogen) atoms. The van der Waals surface area contributed by atoms with Gasteiger partial charge in [0.1, 0.15) is 5.76 Å². The molecule has 0 radical (unpaired) electrons. The summed E-state index contributed by atoms with van der Waals surface area (Å²) in [7, 11) is 0. The lowest BCUT2D eigenvalue weighted by atomic mass is 10.0. The third-order valence-electron chi connectivity index (χ3n) is 4.73. The van der Waals surface area contributed by atoms with Crippen LogP contribution < -0.4 is 10.6 Å². The van der Waals surface area contributed by atoms with Crippen LogP contribution in [0.2, 0.25) is 0 Å². The van der Waals surface area contributed by atoms with Crippen molar-refractivity contribution >= 4 is 5.91 Å². The largest absolute Gasteiger partial charge is 0.360 e. The second kappa shape index (κ2) is 4.34. The van der Waals surface area contributed by atoms with E-state index in [4.69, 9.17) is 4.52 Å². The summed E-state index contributed by atoms with van der Waals surface area (Å²) in [5, 5.41) is 10.4. The zero-order valence-corrected chi connectivity index (χ0v) is 10.9. The molecule has 3 aliphatic rings. The Balaban J connectivity index is 1.38. The smallest absolute Gasteiger partial charge is 0.273 e. The molecule has 1 amide bonds. The quantitative estimate of drug-likeness (QED) is 0.860. The third-order valence-corrected chi connectivity index (χ3v) is 4.73. The van der Waals surface area contributed by atoms with Crippen molar-refractivity contribution in [1.82, 2.24) is 15.8 Å². The van der Waals surface area contributed by atoms with Gasteiger partial charge in [-0.25, -0.2) is 0 Å². The van der Waals surface area contributed by atoms with E-state index in [-0.39, 0.29) is 5.91 Å². The first-order chi connectivity index (χ1) is 9.29. The maximum absolute atomic E-state index is 12.1. The summed E-state index contributed by atoms with van der Waals surface area (Å²) in [6.07, 6.45) is 4.51. The van der Waals surface area contributed by atoms with Crippen molar-refractivity contribution in [1.29, 1.82) is 0 Å². The van der Waals surface area contributed by atoms with Crippen LogP contribution in [-0.4, -0.2) is 30.2 Å². The molecule has 5 nitrogen and oxygen atoms in total. The first kappa shape index (κ1) is 11.5. The number of carbonyl (C=O) groups is 1. The maximum atomic E-state index is 12.1. The summed E-state index contributed by atoms with van der Waals surface area (Å²) < 4.78 is 5.23. The van der Waals surface area contributed by atoms with Crippen molar-refractivity contribution in [3.8, 4) is 0 Å². The number of nitrogens with zero attached hydrogens (tertiary/aromatic N) is 1. The van der Waals surface area contributed by atoms with E-state index in [0.717, 1.165) is 56.4 Å². The van der Waals surface area contributed by atoms with Crippen LogP contribution in [0.5, 0.6) is 0 Å². The van der Waals surface area contributed by atoms with Gasteiger partial charge in [0.25, 0.3) is 5.91 Å². The summed E-state index contributed by atoms with van der Waals surface area (Å²) in [6, 6.07) is 2.12. The molecule has 4 rings (SSSR count). The minimum absolute atomic E-state index is 0.0754. The van der Waals surface area contributed by atoms with Gasteiger partial charge in [0.15, 0.2) is 5.69 Å². The molecule has 0 spiro atoms. The summed E-state index contributed by atoms with van der Waals surface area (Å²) in [6.45, 7) is 2.21. The van der Waals surface area contributed by atoms with Crippen LogP contribution in [-0.2, 0) is 0 Å². The average molecular weight is 261 g/mol. The summed E-state index contributed by atoms with van der Waals surface area (Å²) >= 11 is 0. The number of fused-ring (bicyclic) bond motifs is 1. The summed E-state index contributed by atoms with van der Waals surface area (Å²) in [5.41, 5.74) is 0.442. The Hall–Kier alpha value is -1.36. The van der Waals surface area contributed by atoms with E-state index in [1.807, 2.05) is 6.07 Å². The van der Waals surface area contributed by atoms with Crippen LogP contribution in [0.3, 0.4) is 0 Å². The molecule has 1 unspecified atom stereocenters. The summed E-state index contributed by atoms with van der Waals surface area (Å²) in [5.74, 6) is 2.78. The highest BCUT2D eigenvalue weighted by molar-refractivity contribution is 5.92. The van der Waals surface area contributed by atoms with E-state index < -0.39 is 0 Å². The van der Waals surface area contributed by atoms with E-state index in [1.54, 1.807) is 0 Å². The van der Waals surface area contributed by atoms with Crippen LogP contribution in [0.25, 0.3) is 0 Å². The van der Waals surface area contributed by atoms with Crippen molar-refractivity contribution in [2.45, 2.75) is 37.6 Å². The highest BCUT2D eigenvalue weighted by Gasteiger charge is 2.38. The number of hydrogen-bond acceptors (Lipinski definition) is 4. The van der Waals surface area contributed by atoms with Crippen molar-refractivity contribution in [2.75, 3.05) is 13.1 Å². The molecular weight excluding hydrogens is 242 g/mol. The molecule has 1 saturated heterocycles. The Morgan fingerprint density at radius 3 is 2.74 bits per heavy atom.